The molecular formula is C15H14N4O2. The number of aromatic nitrogens is 3. The van der Waals surface area contributed by atoms with E-state index in [0.717, 1.165) is 16.9 Å². The quantitative estimate of drug-likeness (QED) is 0.759. The highest BCUT2D eigenvalue weighted by Crippen LogP contribution is 2.07. The number of carbonyl (C=O) groups is 1. The van der Waals surface area contributed by atoms with E-state index in [1.165, 1.54) is 18.3 Å². The van der Waals surface area contributed by atoms with Crippen LogP contribution in [0.5, 0.6) is 0 Å². The number of aromatic amines is 1. The number of fused-ring (bicyclic) bond motifs is 1. The van der Waals surface area contributed by atoms with E-state index >= 15 is 0 Å². The monoisotopic (exact) mass is 282 g/mol. The Morgan fingerprint density at radius 1 is 1.38 bits per heavy atom. The van der Waals surface area contributed by atoms with Crippen LogP contribution in [0.1, 0.15) is 21.6 Å². The van der Waals surface area contributed by atoms with Gasteiger partial charge in [0, 0.05) is 24.7 Å². The molecule has 0 radical (unpaired) electrons. The molecule has 0 unspecified atom stereocenters. The molecule has 0 atom stereocenters. The van der Waals surface area contributed by atoms with Gasteiger partial charge in [-0.05, 0) is 30.7 Å². The maximum Gasteiger partial charge on any atom is 0.253 e. The predicted octanol–water partition coefficient (Wildman–Crippen LogP) is 1.26. The predicted molar refractivity (Wildman–Crippen MR) is 78.2 cm³/mol. The summed E-state index contributed by atoms with van der Waals surface area (Å²) in [7, 11) is 0. The third kappa shape index (κ3) is 2.84. The summed E-state index contributed by atoms with van der Waals surface area (Å²) in [4.78, 5) is 29.8. The van der Waals surface area contributed by atoms with Crippen molar-refractivity contribution in [1.82, 2.24) is 19.7 Å². The first kappa shape index (κ1) is 13.1. The maximum atomic E-state index is 11.9. The van der Waals surface area contributed by atoms with Gasteiger partial charge in [0.2, 0.25) is 5.56 Å². The molecule has 0 spiro atoms. The number of hydrogen-bond acceptors (Lipinski definition) is 3. The minimum Gasteiger partial charge on any atom is -0.346 e. The van der Waals surface area contributed by atoms with Crippen LogP contribution >= 0.6 is 0 Å². The van der Waals surface area contributed by atoms with Crippen LogP contribution in [0.15, 0.2) is 47.7 Å². The molecule has 3 aromatic rings. The van der Waals surface area contributed by atoms with Crippen molar-refractivity contribution in [2.45, 2.75) is 13.5 Å². The molecule has 0 aliphatic rings. The van der Waals surface area contributed by atoms with E-state index in [9.17, 15) is 9.59 Å². The van der Waals surface area contributed by atoms with Gasteiger partial charge in [0.05, 0.1) is 17.8 Å². The van der Waals surface area contributed by atoms with Crippen molar-refractivity contribution in [3.8, 4) is 0 Å². The second kappa shape index (κ2) is 5.24. The molecule has 0 bridgehead atoms. The molecule has 3 heterocycles. The fraction of sp³-hybridized carbons (Fsp3) is 0.133. The summed E-state index contributed by atoms with van der Waals surface area (Å²) in [6.07, 6.45) is 5.21. The minimum absolute atomic E-state index is 0.234. The molecule has 0 aliphatic carbocycles. The van der Waals surface area contributed by atoms with Crippen molar-refractivity contribution in [2.24, 2.45) is 0 Å². The Morgan fingerprint density at radius 3 is 3.00 bits per heavy atom. The van der Waals surface area contributed by atoms with E-state index in [0.29, 0.717) is 12.1 Å². The van der Waals surface area contributed by atoms with Crippen LogP contribution in [0.3, 0.4) is 0 Å². The number of imidazole rings is 1. The first-order valence-corrected chi connectivity index (χ1v) is 6.53. The van der Waals surface area contributed by atoms with Crippen LogP contribution in [-0.2, 0) is 6.54 Å². The van der Waals surface area contributed by atoms with E-state index < -0.39 is 0 Å². The second-order valence-electron chi connectivity index (χ2n) is 4.83. The molecule has 0 saturated carbocycles. The van der Waals surface area contributed by atoms with Gasteiger partial charge < -0.3 is 14.7 Å². The fourth-order valence-corrected chi connectivity index (χ4v) is 2.05. The van der Waals surface area contributed by atoms with Crippen molar-refractivity contribution < 1.29 is 4.79 Å². The van der Waals surface area contributed by atoms with Crippen LogP contribution in [0, 0.1) is 6.92 Å². The van der Waals surface area contributed by atoms with Crippen LogP contribution in [0.2, 0.25) is 0 Å². The van der Waals surface area contributed by atoms with Crippen LogP contribution < -0.4 is 10.9 Å². The van der Waals surface area contributed by atoms with Gasteiger partial charge in [0.15, 0.2) is 0 Å². The fourth-order valence-electron chi connectivity index (χ4n) is 2.05. The van der Waals surface area contributed by atoms with Gasteiger partial charge in [-0.3, -0.25) is 9.59 Å². The molecule has 1 amide bonds. The minimum atomic E-state index is -0.250. The molecule has 2 N–H and O–H groups in total. The lowest BCUT2D eigenvalue weighted by molar-refractivity contribution is 0.0950. The van der Waals surface area contributed by atoms with E-state index in [2.05, 4.69) is 15.3 Å². The van der Waals surface area contributed by atoms with Gasteiger partial charge in [-0.2, -0.15) is 0 Å². The number of aryl methyl sites for hydroxylation is 1. The zero-order valence-corrected chi connectivity index (χ0v) is 11.5. The van der Waals surface area contributed by atoms with Gasteiger partial charge in [0.25, 0.3) is 5.91 Å². The molecule has 0 saturated heterocycles. The smallest absolute Gasteiger partial charge is 0.253 e. The van der Waals surface area contributed by atoms with Crippen molar-refractivity contribution >= 4 is 11.6 Å². The molecule has 21 heavy (non-hydrogen) atoms. The number of pyridine rings is 2. The molecule has 106 valence electrons. The lowest BCUT2D eigenvalue weighted by Gasteiger charge is -2.02. The number of nitrogens with one attached hydrogen (secondary N) is 2. The van der Waals surface area contributed by atoms with E-state index in [-0.39, 0.29) is 11.5 Å². The summed E-state index contributed by atoms with van der Waals surface area (Å²) in [5.41, 5.74) is 2.94. The molecule has 3 rings (SSSR count). The normalized spacial score (nSPS) is 10.7. The number of hydrogen-bond donors (Lipinski definition) is 2. The Bertz CT molecular complexity index is 843. The Labute approximate surface area is 120 Å². The number of nitrogens with zero attached hydrogens (tertiary/aromatic N) is 2. The summed E-state index contributed by atoms with van der Waals surface area (Å²) in [6.45, 7) is 2.34. The van der Waals surface area contributed by atoms with Gasteiger partial charge in [0.1, 0.15) is 5.65 Å². The molecule has 0 aromatic carbocycles. The highest BCUT2D eigenvalue weighted by Gasteiger charge is 2.07. The van der Waals surface area contributed by atoms with Crippen LogP contribution in [0.25, 0.3) is 5.65 Å². The van der Waals surface area contributed by atoms with Gasteiger partial charge in [-0.1, -0.05) is 0 Å². The standard InChI is InChI=1S/C15H14N4O2/c1-10-4-5-19-9-12(18-13(19)6-10)8-17-15(21)11-2-3-14(20)16-7-11/h2-7,9H,8H2,1H3,(H,16,20)(H,17,21). The van der Waals surface area contributed by atoms with Crippen LogP contribution in [-0.4, -0.2) is 20.3 Å². The Hall–Kier alpha value is -2.89. The first-order valence-electron chi connectivity index (χ1n) is 6.53. The summed E-state index contributed by atoms with van der Waals surface area (Å²) < 4.78 is 1.91. The largest absolute Gasteiger partial charge is 0.346 e. The summed E-state index contributed by atoms with van der Waals surface area (Å²) >= 11 is 0. The van der Waals surface area contributed by atoms with E-state index in [4.69, 9.17) is 0 Å². The molecule has 6 nitrogen and oxygen atoms in total. The van der Waals surface area contributed by atoms with E-state index in [1.54, 1.807) is 0 Å². The number of carbonyl (C=O) groups excluding carboxylic acids is 1. The number of H-pyrrole nitrogens is 1. The third-order valence-electron chi connectivity index (χ3n) is 3.14. The average molecular weight is 282 g/mol. The maximum absolute atomic E-state index is 11.9. The Morgan fingerprint density at radius 2 is 2.24 bits per heavy atom. The van der Waals surface area contributed by atoms with Gasteiger partial charge in [-0.25, -0.2) is 4.98 Å². The summed E-state index contributed by atoms with van der Waals surface area (Å²) in [5, 5.41) is 2.77. The topological polar surface area (TPSA) is 79.3 Å². The number of amides is 1. The van der Waals surface area contributed by atoms with Crippen molar-refractivity contribution in [3.63, 3.8) is 0 Å². The molecule has 3 aromatic heterocycles. The van der Waals surface area contributed by atoms with Crippen LogP contribution in [0.4, 0.5) is 0 Å². The Kier molecular flexibility index (Phi) is 3.27. The highest BCUT2D eigenvalue weighted by molar-refractivity contribution is 5.93. The average Bonchev–Trinajstić information content (AvgIpc) is 2.87. The summed E-state index contributed by atoms with van der Waals surface area (Å²) in [5.74, 6) is -0.250. The summed E-state index contributed by atoms with van der Waals surface area (Å²) in [6, 6.07) is 6.79. The Balaban J connectivity index is 1.72. The molecule has 0 fully saturated rings. The van der Waals surface area contributed by atoms with Crippen molar-refractivity contribution in [1.29, 1.82) is 0 Å². The van der Waals surface area contributed by atoms with Gasteiger partial charge >= 0.3 is 0 Å². The number of rotatable bonds is 3. The molecule has 6 heteroatoms. The lowest BCUT2D eigenvalue weighted by atomic mass is 10.2. The molecular weight excluding hydrogens is 268 g/mol. The SMILES string of the molecule is Cc1ccn2cc(CNC(=O)c3ccc(=O)[nH]c3)nc2c1. The highest BCUT2D eigenvalue weighted by atomic mass is 16.1. The van der Waals surface area contributed by atoms with Crippen molar-refractivity contribution in [3.05, 3.63) is 70.0 Å². The van der Waals surface area contributed by atoms with E-state index in [1.807, 2.05) is 35.9 Å². The van der Waals surface area contributed by atoms with Crippen molar-refractivity contribution in [2.75, 3.05) is 0 Å². The zero-order valence-electron chi connectivity index (χ0n) is 11.5. The van der Waals surface area contributed by atoms with Gasteiger partial charge in [-0.15, -0.1) is 0 Å². The third-order valence-corrected chi connectivity index (χ3v) is 3.14. The second-order valence-corrected chi connectivity index (χ2v) is 4.83. The lowest BCUT2D eigenvalue weighted by Crippen LogP contribution is -2.23. The first-order chi connectivity index (χ1) is 10.1. The molecule has 0 aliphatic heterocycles. The zero-order chi connectivity index (χ0) is 14.8.